The molecule has 0 aromatic heterocycles. The van der Waals surface area contributed by atoms with E-state index >= 15 is 0 Å². The maximum atomic E-state index is 13.4. The number of methoxy groups -OCH3 is 1. The highest BCUT2D eigenvalue weighted by molar-refractivity contribution is 9.10. The van der Waals surface area contributed by atoms with E-state index in [4.69, 9.17) is 4.74 Å². The highest BCUT2D eigenvalue weighted by Crippen LogP contribution is 2.18. The molecule has 0 amide bonds. The summed E-state index contributed by atoms with van der Waals surface area (Å²) in [6, 6.07) is 13.3. The second-order valence-electron chi connectivity index (χ2n) is 5.02. The van der Waals surface area contributed by atoms with Gasteiger partial charge in [-0.05, 0) is 61.3 Å². The third-order valence-electron chi connectivity index (χ3n) is 3.43. The van der Waals surface area contributed by atoms with Crippen LogP contribution in [0.2, 0.25) is 0 Å². The lowest BCUT2D eigenvalue weighted by atomic mass is 9.99. The highest BCUT2D eigenvalue weighted by atomic mass is 79.9. The topological polar surface area (TPSA) is 21.3 Å². The molecule has 0 aliphatic rings. The summed E-state index contributed by atoms with van der Waals surface area (Å²) in [5.74, 6) is 0.645. The maximum absolute atomic E-state index is 13.4. The van der Waals surface area contributed by atoms with Gasteiger partial charge in [0, 0.05) is 10.5 Å². The lowest BCUT2D eigenvalue weighted by Gasteiger charge is -2.17. The molecule has 2 rings (SSSR count). The molecule has 1 unspecified atom stereocenters. The standard InChI is InChI=1S/C17H19BrFNO/c1-20-16(8-12-4-3-5-17(10-12)21-2)9-13-6-14(18)11-15(19)7-13/h3-7,10-11,16,20H,8-9H2,1-2H3. The van der Waals surface area contributed by atoms with Crippen molar-refractivity contribution >= 4 is 15.9 Å². The van der Waals surface area contributed by atoms with E-state index in [9.17, 15) is 4.39 Å². The summed E-state index contributed by atoms with van der Waals surface area (Å²) >= 11 is 3.33. The molecule has 0 heterocycles. The molecule has 0 radical (unpaired) electrons. The lowest BCUT2D eigenvalue weighted by Crippen LogP contribution is -2.29. The Kier molecular flexibility index (Phi) is 5.76. The van der Waals surface area contributed by atoms with Gasteiger partial charge in [0.15, 0.2) is 0 Å². The number of benzene rings is 2. The minimum Gasteiger partial charge on any atom is -0.497 e. The van der Waals surface area contributed by atoms with Crippen molar-refractivity contribution in [2.24, 2.45) is 0 Å². The van der Waals surface area contributed by atoms with Gasteiger partial charge in [-0.2, -0.15) is 0 Å². The molecule has 0 saturated heterocycles. The van der Waals surface area contributed by atoms with Crippen molar-refractivity contribution in [3.05, 3.63) is 63.9 Å². The molecule has 0 spiro atoms. The average Bonchev–Trinajstić information content (AvgIpc) is 2.45. The Hall–Kier alpha value is -1.39. The molecule has 4 heteroatoms. The Bertz CT molecular complexity index is 583. The van der Waals surface area contributed by atoms with Crippen LogP contribution >= 0.6 is 15.9 Å². The van der Waals surface area contributed by atoms with E-state index in [1.807, 2.05) is 31.3 Å². The predicted octanol–water partition coefficient (Wildman–Crippen LogP) is 3.97. The van der Waals surface area contributed by atoms with E-state index in [2.05, 4.69) is 27.3 Å². The van der Waals surface area contributed by atoms with Crippen molar-refractivity contribution in [3.8, 4) is 5.75 Å². The molecule has 2 aromatic carbocycles. The molecule has 1 atom stereocenters. The van der Waals surface area contributed by atoms with Crippen LogP contribution in [-0.2, 0) is 12.8 Å². The molecule has 2 nitrogen and oxygen atoms in total. The van der Waals surface area contributed by atoms with Crippen molar-refractivity contribution in [2.75, 3.05) is 14.2 Å². The van der Waals surface area contributed by atoms with E-state index in [0.29, 0.717) is 0 Å². The second kappa shape index (κ2) is 7.57. The molecule has 112 valence electrons. The molecule has 21 heavy (non-hydrogen) atoms. The third-order valence-corrected chi connectivity index (χ3v) is 3.89. The van der Waals surface area contributed by atoms with Crippen molar-refractivity contribution in [2.45, 2.75) is 18.9 Å². The van der Waals surface area contributed by atoms with Gasteiger partial charge in [0.25, 0.3) is 0 Å². The number of nitrogens with one attached hydrogen (secondary N) is 1. The summed E-state index contributed by atoms with van der Waals surface area (Å²) in [4.78, 5) is 0. The van der Waals surface area contributed by atoms with Crippen LogP contribution in [0.25, 0.3) is 0 Å². The predicted molar refractivity (Wildman–Crippen MR) is 87.3 cm³/mol. The van der Waals surface area contributed by atoms with Gasteiger partial charge in [0.05, 0.1) is 7.11 Å². The van der Waals surface area contributed by atoms with Gasteiger partial charge in [-0.1, -0.05) is 28.1 Å². The monoisotopic (exact) mass is 351 g/mol. The smallest absolute Gasteiger partial charge is 0.124 e. The van der Waals surface area contributed by atoms with Gasteiger partial charge >= 0.3 is 0 Å². The molecule has 1 N–H and O–H groups in total. The zero-order chi connectivity index (χ0) is 15.2. The van der Waals surface area contributed by atoms with Crippen molar-refractivity contribution in [3.63, 3.8) is 0 Å². The van der Waals surface area contributed by atoms with Gasteiger partial charge in [0.2, 0.25) is 0 Å². The summed E-state index contributed by atoms with van der Waals surface area (Å²) in [7, 11) is 3.60. The number of likely N-dealkylation sites (N-methyl/N-ethyl adjacent to an activating group) is 1. The molecule has 0 saturated carbocycles. The van der Waals surface area contributed by atoms with Crippen LogP contribution in [-0.4, -0.2) is 20.2 Å². The highest BCUT2D eigenvalue weighted by Gasteiger charge is 2.10. The number of halogens is 2. The number of ether oxygens (including phenoxy) is 1. The van der Waals surface area contributed by atoms with Gasteiger partial charge in [-0.25, -0.2) is 4.39 Å². The number of hydrogen-bond donors (Lipinski definition) is 1. The zero-order valence-electron chi connectivity index (χ0n) is 12.2. The fourth-order valence-electron chi connectivity index (χ4n) is 2.37. The SMILES string of the molecule is CNC(Cc1cc(F)cc(Br)c1)Cc1cccc(OC)c1. The van der Waals surface area contributed by atoms with Crippen molar-refractivity contribution in [1.82, 2.24) is 5.32 Å². The molecule has 2 aromatic rings. The lowest BCUT2D eigenvalue weighted by molar-refractivity contribution is 0.414. The number of hydrogen-bond acceptors (Lipinski definition) is 2. The summed E-state index contributed by atoms with van der Waals surface area (Å²) in [5.41, 5.74) is 2.17. The number of rotatable bonds is 6. The van der Waals surface area contributed by atoms with Crippen LogP contribution in [0.5, 0.6) is 5.75 Å². The first-order valence-electron chi connectivity index (χ1n) is 6.86. The Balaban J connectivity index is 2.08. The Morgan fingerprint density at radius 1 is 1.14 bits per heavy atom. The first kappa shape index (κ1) is 16.0. The maximum Gasteiger partial charge on any atom is 0.124 e. The second-order valence-corrected chi connectivity index (χ2v) is 5.94. The first-order valence-corrected chi connectivity index (χ1v) is 7.65. The van der Waals surface area contributed by atoms with Crippen molar-refractivity contribution in [1.29, 1.82) is 0 Å². The quantitative estimate of drug-likeness (QED) is 0.850. The third kappa shape index (κ3) is 4.83. The Morgan fingerprint density at radius 3 is 2.57 bits per heavy atom. The van der Waals surface area contributed by atoms with E-state index < -0.39 is 0 Å². The van der Waals surface area contributed by atoms with E-state index in [1.165, 1.54) is 11.6 Å². The fourth-order valence-corrected chi connectivity index (χ4v) is 2.89. The Morgan fingerprint density at radius 2 is 1.90 bits per heavy atom. The van der Waals surface area contributed by atoms with Crippen LogP contribution in [0.4, 0.5) is 4.39 Å². The molecular weight excluding hydrogens is 333 g/mol. The summed E-state index contributed by atoms with van der Waals surface area (Å²) < 4.78 is 19.5. The average molecular weight is 352 g/mol. The fraction of sp³-hybridized carbons (Fsp3) is 0.294. The minimum absolute atomic E-state index is 0.212. The van der Waals surface area contributed by atoms with Crippen molar-refractivity contribution < 1.29 is 9.13 Å². The van der Waals surface area contributed by atoms with Gasteiger partial charge in [-0.15, -0.1) is 0 Å². The summed E-state index contributed by atoms with van der Waals surface area (Å²) in [6.07, 6.45) is 1.63. The molecule has 0 aliphatic carbocycles. The van der Waals surface area contributed by atoms with Crippen LogP contribution in [0.3, 0.4) is 0 Å². The van der Waals surface area contributed by atoms with Crippen LogP contribution in [0.15, 0.2) is 46.9 Å². The summed E-state index contributed by atoms with van der Waals surface area (Å²) in [6.45, 7) is 0. The van der Waals surface area contributed by atoms with E-state index in [0.717, 1.165) is 28.6 Å². The molecule has 0 fully saturated rings. The van der Waals surface area contributed by atoms with Crippen LogP contribution < -0.4 is 10.1 Å². The molecule has 0 bridgehead atoms. The van der Waals surface area contributed by atoms with E-state index in [1.54, 1.807) is 13.2 Å². The van der Waals surface area contributed by atoms with Gasteiger partial charge < -0.3 is 10.1 Å². The van der Waals surface area contributed by atoms with E-state index in [-0.39, 0.29) is 11.9 Å². The van der Waals surface area contributed by atoms with Crippen LogP contribution in [0, 0.1) is 5.82 Å². The van der Waals surface area contributed by atoms with Gasteiger partial charge in [-0.3, -0.25) is 0 Å². The first-order chi connectivity index (χ1) is 10.1. The molecule has 0 aliphatic heterocycles. The summed E-state index contributed by atoms with van der Waals surface area (Å²) in [5, 5.41) is 3.30. The minimum atomic E-state index is -0.212. The largest absolute Gasteiger partial charge is 0.497 e. The Labute approximate surface area is 133 Å². The zero-order valence-corrected chi connectivity index (χ0v) is 13.8. The van der Waals surface area contributed by atoms with Gasteiger partial charge in [0.1, 0.15) is 11.6 Å². The van der Waals surface area contributed by atoms with Crippen LogP contribution in [0.1, 0.15) is 11.1 Å². The molecular formula is C17H19BrFNO. The normalized spacial score (nSPS) is 12.2.